The fourth-order valence-electron chi connectivity index (χ4n) is 2.42. The van der Waals surface area contributed by atoms with Crippen LogP contribution in [0.5, 0.6) is 5.75 Å². The molecule has 5 heteroatoms. The number of nitrogens with one attached hydrogen (secondary N) is 1. The fourth-order valence-corrected chi connectivity index (χ4v) is 2.42. The normalized spacial score (nSPS) is 19.7. The number of nitrogens with zero attached hydrogens (tertiary/aromatic N) is 1. The van der Waals surface area contributed by atoms with E-state index in [4.69, 9.17) is 4.74 Å². The van der Waals surface area contributed by atoms with Gasteiger partial charge in [0.05, 0.1) is 18.8 Å². The monoisotopic (exact) mass is 280 g/mol. The van der Waals surface area contributed by atoms with Gasteiger partial charge in [-0.2, -0.15) is 0 Å². The average Bonchev–Trinajstić information content (AvgIpc) is 2.41. The zero-order valence-corrected chi connectivity index (χ0v) is 12.0. The number of morpholine rings is 1. The third kappa shape index (κ3) is 4.76. The van der Waals surface area contributed by atoms with E-state index in [2.05, 4.69) is 10.2 Å². The Labute approximate surface area is 120 Å². The van der Waals surface area contributed by atoms with E-state index in [0.29, 0.717) is 19.6 Å². The number of hydrogen-bond donors (Lipinski definition) is 3. The molecule has 20 heavy (non-hydrogen) atoms. The molecular formula is C15H24N2O3. The second-order valence-electron chi connectivity index (χ2n) is 5.62. The van der Waals surface area contributed by atoms with Crippen LogP contribution in [-0.2, 0) is 11.3 Å². The van der Waals surface area contributed by atoms with Crippen molar-refractivity contribution in [2.45, 2.75) is 19.1 Å². The Balaban J connectivity index is 1.75. The summed E-state index contributed by atoms with van der Waals surface area (Å²) in [6.45, 7) is 6.71. The van der Waals surface area contributed by atoms with E-state index in [9.17, 15) is 10.2 Å². The Morgan fingerprint density at radius 1 is 1.30 bits per heavy atom. The minimum absolute atomic E-state index is 0.285. The summed E-state index contributed by atoms with van der Waals surface area (Å²) in [5.74, 6) is 0.285. The predicted octanol–water partition coefficient (Wildman–Crippen LogP) is 0.565. The standard InChI is InChI=1S/C15H24N2O3/c1-15(19,12-17-6-8-20-9-7-17)11-16-10-13-4-2-3-5-14(13)18/h2-5,16,18-19H,6-12H2,1H3. The van der Waals surface area contributed by atoms with Crippen molar-refractivity contribution in [1.82, 2.24) is 10.2 Å². The molecule has 3 N–H and O–H groups in total. The highest BCUT2D eigenvalue weighted by Gasteiger charge is 2.24. The Kier molecular flexibility index (Phi) is 5.37. The molecule has 0 aliphatic carbocycles. The first-order valence-electron chi connectivity index (χ1n) is 7.07. The van der Waals surface area contributed by atoms with Crippen molar-refractivity contribution in [3.63, 3.8) is 0 Å². The molecular weight excluding hydrogens is 256 g/mol. The highest BCUT2D eigenvalue weighted by atomic mass is 16.5. The molecule has 0 radical (unpaired) electrons. The SMILES string of the molecule is CC(O)(CNCc1ccccc1O)CN1CCOCC1. The third-order valence-electron chi connectivity index (χ3n) is 3.48. The number of β-amino-alcohol motifs (C(OH)–C–C–N with tert-alkyl or cyclic N) is 1. The van der Waals surface area contributed by atoms with E-state index in [-0.39, 0.29) is 5.75 Å². The van der Waals surface area contributed by atoms with Crippen molar-refractivity contribution < 1.29 is 14.9 Å². The number of hydrogen-bond acceptors (Lipinski definition) is 5. The van der Waals surface area contributed by atoms with Crippen LogP contribution in [0.25, 0.3) is 0 Å². The molecule has 1 aliphatic rings. The van der Waals surface area contributed by atoms with Crippen molar-refractivity contribution in [1.29, 1.82) is 0 Å². The topological polar surface area (TPSA) is 65.0 Å². The molecule has 1 fully saturated rings. The first kappa shape index (κ1) is 15.3. The number of rotatable bonds is 6. The number of ether oxygens (including phenoxy) is 1. The molecule has 1 saturated heterocycles. The van der Waals surface area contributed by atoms with Gasteiger partial charge in [0.25, 0.3) is 0 Å². The van der Waals surface area contributed by atoms with Crippen LogP contribution in [0.4, 0.5) is 0 Å². The molecule has 1 unspecified atom stereocenters. The summed E-state index contributed by atoms with van der Waals surface area (Å²) in [7, 11) is 0. The van der Waals surface area contributed by atoms with Crippen molar-refractivity contribution in [2.24, 2.45) is 0 Å². The van der Waals surface area contributed by atoms with Crippen LogP contribution in [-0.4, -0.2) is 60.1 Å². The van der Waals surface area contributed by atoms with Crippen LogP contribution in [0.1, 0.15) is 12.5 Å². The number of phenolic OH excluding ortho intramolecular Hbond substituents is 1. The van der Waals surface area contributed by atoms with Gasteiger partial charge < -0.3 is 20.3 Å². The van der Waals surface area contributed by atoms with Crippen LogP contribution in [0.3, 0.4) is 0 Å². The van der Waals surface area contributed by atoms with Gasteiger partial charge in [0, 0.05) is 38.3 Å². The van der Waals surface area contributed by atoms with E-state index < -0.39 is 5.60 Å². The molecule has 0 aromatic heterocycles. The van der Waals surface area contributed by atoms with Crippen molar-refractivity contribution in [3.05, 3.63) is 29.8 Å². The van der Waals surface area contributed by atoms with E-state index >= 15 is 0 Å². The highest BCUT2D eigenvalue weighted by Crippen LogP contribution is 2.15. The molecule has 0 amide bonds. The summed E-state index contributed by atoms with van der Waals surface area (Å²) < 4.78 is 5.30. The summed E-state index contributed by atoms with van der Waals surface area (Å²) in [6, 6.07) is 7.23. The summed E-state index contributed by atoms with van der Waals surface area (Å²) in [6.07, 6.45) is 0. The van der Waals surface area contributed by atoms with Crippen LogP contribution < -0.4 is 5.32 Å². The van der Waals surface area contributed by atoms with Crippen LogP contribution >= 0.6 is 0 Å². The summed E-state index contributed by atoms with van der Waals surface area (Å²) >= 11 is 0. The van der Waals surface area contributed by atoms with Gasteiger partial charge in [-0.25, -0.2) is 0 Å². The van der Waals surface area contributed by atoms with Gasteiger partial charge >= 0.3 is 0 Å². The zero-order chi connectivity index (χ0) is 14.4. The number of aliphatic hydroxyl groups is 1. The van der Waals surface area contributed by atoms with Gasteiger partial charge in [-0.15, -0.1) is 0 Å². The first-order chi connectivity index (χ1) is 9.57. The molecule has 5 nitrogen and oxygen atoms in total. The van der Waals surface area contributed by atoms with E-state index in [1.54, 1.807) is 12.1 Å². The Bertz CT molecular complexity index is 417. The molecule has 1 heterocycles. The molecule has 1 aliphatic heterocycles. The number of aromatic hydroxyl groups is 1. The van der Waals surface area contributed by atoms with E-state index in [1.807, 2.05) is 19.1 Å². The van der Waals surface area contributed by atoms with Crippen molar-refractivity contribution in [2.75, 3.05) is 39.4 Å². The van der Waals surface area contributed by atoms with Crippen LogP contribution in [0.15, 0.2) is 24.3 Å². The lowest BCUT2D eigenvalue weighted by Crippen LogP contribution is -2.50. The van der Waals surface area contributed by atoms with Crippen molar-refractivity contribution >= 4 is 0 Å². The summed E-state index contributed by atoms with van der Waals surface area (Å²) in [4.78, 5) is 2.21. The summed E-state index contributed by atoms with van der Waals surface area (Å²) in [5, 5.41) is 23.3. The maximum absolute atomic E-state index is 10.4. The van der Waals surface area contributed by atoms with Gasteiger partial charge in [-0.3, -0.25) is 4.90 Å². The molecule has 0 saturated carbocycles. The van der Waals surface area contributed by atoms with Gasteiger partial charge in [0.1, 0.15) is 5.75 Å². The van der Waals surface area contributed by atoms with Gasteiger partial charge in [-0.05, 0) is 13.0 Å². The molecule has 1 aromatic carbocycles. The van der Waals surface area contributed by atoms with Crippen molar-refractivity contribution in [3.8, 4) is 5.75 Å². The van der Waals surface area contributed by atoms with Gasteiger partial charge in [0.15, 0.2) is 0 Å². The number of benzene rings is 1. The lowest BCUT2D eigenvalue weighted by molar-refractivity contribution is -0.0219. The predicted molar refractivity (Wildman–Crippen MR) is 77.7 cm³/mol. The summed E-state index contributed by atoms with van der Waals surface area (Å²) in [5.41, 5.74) is 0.0523. The highest BCUT2D eigenvalue weighted by molar-refractivity contribution is 5.31. The molecule has 112 valence electrons. The first-order valence-corrected chi connectivity index (χ1v) is 7.07. The zero-order valence-electron chi connectivity index (χ0n) is 12.0. The molecule has 1 aromatic rings. The Hall–Kier alpha value is -1.14. The van der Waals surface area contributed by atoms with Gasteiger partial charge in [-0.1, -0.05) is 18.2 Å². The number of phenols is 1. The van der Waals surface area contributed by atoms with Crippen LogP contribution in [0.2, 0.25) is 0 Å². The minimum atomic E-state index is -0.790. The molecule has 1 atom stereocenters. The second kappa shape index (κ2) is 7.04. The largest absolute Gasteiger partial charge is 0.508 e. The van der Waals surface area contributed by atoms with E-state index in [1.165, 1.54) is 0 Å². The van der Waals surface area contributed by atoms with E-state index in [0.717, 1.165) is 31.9 Å². The lowest BCUT2D eigenvalue weighted by Gasteiger charge is -2.34. The third-order valence-corrected chi connectivity index (χ3v) is 3.48. The van der Waals surface area contributed by atoms with Gasteiger partial charge in [0.2, 0.25) is 0 Å². The lowest BCUT2D eigenvalue weighted by atomic mass is 10.1. The second-order valence-corrected chi connectivity index (χ2v) is 5.62. The average molecular weight is 280 g/mol. The minimum Gasteiger partial charge on any atom is -0.508 e. The fraction of sp³-hybridized carbons (Fsp3) is 0.600. The molecule has 2 rings (SSSR count). The Morgan fingerprint density at radius 2 is 2.00 bits per heavy atom. The molecule has 0 bridgehead atoms. The molecule has 0 spiro atoms. The smallest absolute Gasteiger partial charge is 0.120 e. The maximum atomic E-state index is 10.4. The quantitative estimate of drug-likeness (QED) is 0.711. The van der Waals surface area contributed by atoms with Crippen LogP contribution in [0, 0.1) is 0 Å². The Morgan fingerprint density at radius 3 is 2.70 bits per heavy atom. The maximum Gasteiger partial charge on any atom is 0.120 e. The number of para-hydroxylation sites is 1.